The molecule has 1 rings (SSSR count). The van der Waals surface area contributed by atoms with Crippen molar-refractivity contribution >= 4 is 17.7 Å². The van der Waals surface area contributed by atoms with Gasteiger partial charge >= 0.3 is 12.0 Å². The molecule has 106 valence electrons. The van der Waals surface area contributed by atoms with Gasteiger partial charge in [-0.25, -0.2) is 9.59 Å². The van der Waals surface area contributed by atoms with E-state index in [2.05, 4.69) is 22.5 Å². The first kappa shape index (κ1) is 15.4. The number of carboxylic acids is 1. The van der Waals surface area contributed by atoms with Crippen LogP contribution in [0.3, 0.4) is 0 Å². The van der Waals surface area contributed by atoms with Crippen LogP contribution in [-0.4, -0.2) is 30.8 Å². The molecule has 0 saturated carbocycles. The summed E-state index contributed by atoms with van der Waals surface area (Å²) >= 11 is 0. The van der Waals surface area contributed by atoms with Crippen molar-refractivity contribution in [1.82, 2.24) is 5.32 Å². The molecule has 0 aromatic heterocycles. The van der Waals surface area contributed by atoms with Gasteiger partial charge in [0.05, 0.1) is 18.4 Å². The fraction of sp³-hybridized carbons (Fsp3) is 0.286. The molecule has 1 aromatic rings. The van der Waals surface area contributed by atoms with Crippen molar-refractivity contribution in [3.63, 3.8) is 0 Å². The SMILES string of the molecule is CC#CCCNC(=O)Nc1cc(C(=O)O)ccc1OC. The Bertz CT molecular complexity index is 558. The van der Waals surface area contributed by atoms with Gasteiger partial charge in [0.25, 0.3) is 0 Å². The molecule has 0 unspecified atom stereocenters. The maximum absolute atomic E-state index is 11.7. The minimum absolute atomic E-state index is 0.0675. The van der Waals surface area contributed by atoms with Gasteiger partial charge in [0, 0.05) is 13.0 Å². The van der Waals surface area contributed by atoms with Gasteiger partial charge in [-0.05, 0) is 25.1 Å². The van der Waals surface area contributed by atoms with Crippen LogP contribution in [-0.2, 0) is 0 Å². The van der Waals surface area contributed by atoms with Crippen molar-refractivity contribution in [3.05, 3.63) is 23.8 Å². The zero-order valence-corrected chi connectivity index (χ0v) is 11.3. The van der Waals surface area contributed by atoms with Crippen LogP contribution in [0.5, 0.6) is 5.75 Å². The molecule has 1 aromatic carbocycles. The highest BCUT2D eigenvalue weighted by Gasteiger charge is 2.11. The summed E-state index contributed by atoms with van der Waals surface area (Å²) in [6, 6.07) is 3.79. The summed E-state index contributed by atoms with van der Waals surface area (Å²) in [7, 11) is 1.44. The maximum atomic E-state index is 11.7. The quantitative estimate of drug-likeness (QED) is 0.566. The van der Waals surface area contributed by atoms with Crippen LogP contribution >= 0.6 is 0 Å². The predicted molar refractivity (Wildman–Crippen MR) is 75.0 cm³/mol. The third kappa shape index (κ3) is 4.53. The molecule has 0 radical (unpaired) electrons. The molecule has 0 aliphatic rings. The fourth-order valence-corrected chi connectivity index (χ4v) is 1.47. The molecule has 0 spiro atoms. The summed E-state index contributed by atoms with van der Waals surface area (Å²) in [6.07, 6.45) is 0.552. The number of rotatable bonds is 5. The van der Waals surface area contributed by atoms with Crippen molar-refractivity contribution in [3.8, 4) is 17.6 Å². The van der Waals surface area contributed by atoms with Gasteiger partial charge in [-0.1, -0.05) is 0 Å². The smallest absolute Gasteiger partial charge is 0.335 e. The standard InChI is InChI=1S/C14H16N2O4/c1-3-4-5-8-15-14(19)16-11-9-10(13(17)18)6-7-12(11)20-2/h6-7,9H,5,8H2,1-2H3,(H,17,18)(H2,15,16,19). The largest absolute Gasteiger partial charge is 0.495 e. The maximum Gasteiger partial charge on any atom is 0.335 e. The molecule has 6 nitrogen and oxygen atoms in total. The number of carbonyl (C=O) groups is 2. The lowest BCUT2D eigenvalue weighted by atomic mass is 10.2. The average molecular weight is 276 g/mol. The fourth-order valence-electron chi connectivity index (χ4n) is 1.47. The van der Waals surface area contributed by atoms with E-state index in [9.17, 15) is 9.59 Å². The van der Waals surface area contributed by atoms with E-state index in [1.54, 1.807) is 6.92 Å². The van der Waals surface area contributed by atoms with E-state index in [0.717, 1.165) is 0 Å². The minimum Gasteiger partial charge on any atom is -0.495 e. The Hall–Kier alpha value is -2.68. The number of carboxylic acid groups (broad SMARTS) is 1. The number of aromatic carboxylic acids is 1. The van der Waals surface area contributed by atoms with Crippen LogP contribution in [0.4, 0.5) is 10.5 Å². The normalized spacial score (nSPS) is 9.10. The van der Waals surface area contributed by atoms with Gasteiger partial charge < -0.3 is 20.5 Å². The Balaban J connectivity index is 2.73. The number of amides is 2. The number of hydrogen-bond donors (Lipinski definition) is 3. The number of methoxy groups -OCH3 is 1. The highest BCUT2D eigenvalue weighted by molar-refractivity contribution is 5.94. The lowest BCUT2D eigenvalue weighted by molar-refractivity contribution is 0.0697. The highest BCUT2D eigenvalue weighted by Crippen LogP contribution is 2.25. The Morgan fingerprint density at radius 2 is 2.15 bits per heavy atom. The molecule has 0 bridgehead atoms. The summed E-state index contributed by atoms with van der Waals surface area (Å²) in [6.45, 7) is 2.13. The van der Waals surface area contributed by atoms with Crippen molar-refractivity contribution in [2.75, 3.05) is 19.0 Å². The third-order valence-corrected chi connectivity index (χ3v) is 2.41. The second-order valence-corrected chi connectivity index (χ2v) is 3.78. The van der Waals surface area contributed by atoms with Crippen LogP contribution < -0.4 is 15.4 Å². The molecular formula is C14H16N2O4. The first-order chi connectivity index (χ1) is 9.58. The van der Waals surface area contributed by atoms with Gasteiger partial charge in [-0.15, -0.1) is 11.8 Å². The minimum atomic E-state index is -1.07. The Morgan fingerprint density at radius 1 is 1.40 bits per heavy atom. The van der Waals surface area contributed by atoms with E-state index >= 15 is 0 Å². The van der Waals surface area contributed by atoms with E-state index in [1.165, 1.54) is 25.3 Å². The molecule has 20 heavy (non-hydrogen) atoms. The number of nitrogens with one attached hydrogen (secondary N) is 2. The van der Waals surface area contributed by atoms with Crippen LogP contribution in [0.15, 0.2) is 18.2 Å². The molecule has 0 heterocycles. The summed E-state index contributed by atoms with van der Waals surface area (Å²) < 4.78 is 5.07. The number of urea groups is 1. The Labute approximate surface area is 117 Å². The van der Waals surface area contributed by atoms with Crippen LogP contribution in [0.1, 0.15) is 23.7 Å². The molecule has 0 aliphatic carbocycles. The second-order valence-electron chi connectivity index (χ2n) is 3.78. The number of hydrogen-bond acceptors (Lipinski definition) is 3. The number of anilines is 1. The second kappa shape index (κ2) is 7.69. The van der Waals surface area contributed by atoms with E-state index in [1.807, 2.05) is 0 Å². The molecule has 6 heteroatoms. The number of ether oxygens (including phenoxy) is 1. The molecule has 2 amide bonds. The first-order valence-electron chi connectivity index (χ1n) is 5.94. The van der Waals surface area contributed by atoms with Crippen molar-refractivity contribution in [2.45, 2.75) is 13.3 Å². The number of carbonyl (C=O) groups excluding carboxylic acids is 1. The van der Waals surface area contributed by atoms with Gasteiger partial charge in [0.1, 0.15) is 5.75 Å². The van der Waals surface area contributed by atoms with Crippen molar-refractivity contribution < 1.29 is 19.4 Å². The van der Waals surface area contributed by atoms with E-state index < -0.39 is 12.0 Å². The van der Waals surface area contributed by atoms with Crippen molar-refractivity contribution in [2.24, 2.45) is 0 Å². The van der Waals surface area contributed by atoms with E-state index in [-0.39, 0.29) is 5.56 Å². The van der Waals surface area contributed by atoms with Gasteiger partial charge in [-0.2, -0.15) is 0 Å². The lowest BCUT2D eigenvalue weighted by Gasteiger charge is -2.11. The average Bonchev–Trinajstić information content (AvgIpc) is 2.43. The third-order valence-electron chi connectivity index (χ3n) is 2.41. The molecule has 0 saturated heterocycles. The molecule has 0 aliphatic heterocycles. The topological polar surface area (TPSA) is 87.7 Å². The first-order valence-corrected chi connectivity index (χ1v) is 5.94. The van der Waals surface area contributed by atoms with E-state index in [0.29, 0.717) is 24.4 Å². The Kier molecular flexibility index (Phi) is 5.91. The molecular weight excluding hydrogens is 260 g/mol. The zero-order chi connectivity index (χ0) is 15.0. The summed E-state index contributed by atoms with van der Waals surface area (Å²) in [5.41, 5.74) is 0.365. The van der Waals surface area contributed by atoms with Gasteiger partial charge in [0.15, 0.2) is 0 Å². The molecule has 3 N–H and O–H groups in total. The van der Waals surface area contributed by atoms with E-state index in [4.69, 9.17) is 9.84 Å². The zero-order valence-electron chi connectivity index (χ0n) is 11.3. The lowest BCUT2D eigenvalue weighted by Crippen LogP contribution is -2.29. The van der Waals surface area contributed by atoms with Gasteiger partial charge in [-0.3, -0.25) is 0 Å². The van der Waals surface area contributed by atoms with Crippen LogP contribution in [0, 0.1) is 11.8 Å². The van der Waals surface area contributed by atoms with Gasteiger partial charge in [0.2, 0.25) is 0 Å². The van der Waals surface area contributed by atoms with Crippen LogP contribution in [0.2, 0.25) is 0 Å². The molecule has 0 atom stereocenters. The monoisotopic (exact) mass is 276 g/mol. The summed E-state index contributed by atoms with van der Waals surface area (Å²) in [4.78, 5) is 22.5. The predicted octanol–water partition coefficient (Wildman–Crippen LogP) is 1.93. The highest BCUT2D eigenvalue weighted by atomic mass is 16.5. The number of benzene rings is 1. The summed E-state index contributed by atoms with van der Waals surface area (Å²) in [5, 5.41) is 14.1. The Morgan fingerprint density at radius 3 is 2.75 bits per heavy atom. The molecule has 0 fully saturated rings. The van der Waals surface area contributed by atoms with Crippen LogP contribution in [0.25, 0.3) is 0 Å². The summed E-state index contributed by atoms with van der Waals surface area (Å²) in [5.74, 6) is 4.85. The van der Waals surface area contributed by atoms with Crippen molar-refractivity contribution in [1.29, 1.82) is 0 Å².